The maximum atomic E-state index is 12.9. The molecule has 0 N–H and O–H groups in total. The van der Waals surface area contributed by atoms with Gasteiger partial charge in [-0.1, -0.05) is 20.8 Å². The number of ether oxygens (including phenoxy) is 4. The summed E-state index contributed by atoms with van der Waals surface area (Å²) in [5.74, 6) is 0.752. The number of fused-ring (bicyclic) bond motifs is 3. The van der Waals surface area contributed by atoms with Gasteiger partial charge in [-0.15, -0.1) is 0 Å². The Bertz CT molecular complexity index is 1140. The van der Waals surface area contributed by atoms with Crippen molar-refractivity contribution in [3.05, 3.63) is 45.7 Å². The Morgan fingerprint density at radius 2 is 1.89 bits per heavy atom. The highest BCUT2D eigenvalue weighted by atomic mass is 16.5. The van der Waals surface area contributed by atoms with Crippen LogP contribution in [0, 0.1) is 5.41 Å². The molecular weight excluding hydrogens is 460 g/mol. The van der Waals surface area contributed by atoms with Crippen LogP contribution in [0.25, 0.3) is 11.3 Å². The monoisotopic (exact) mass is 498 g/mol. The molecule has 1 atom stereocenters. The molecule has 1 aromatic carbocycles. The third-order valence-electron chi connectivity index (χ3n) is 6.97. The molecule has 3 heterocycles. The summed E-state index contributed by atoms with van der Waals surface area (Å²) in [6, 6.07) is 5.58. The second-order valence-electron chi connectivity index (χ2n) is 10.5. The number of hydrogen-bond donors (Lipinski definition) is 0. The fraction of sp³-hybridized carbons (Fsp3) is 0.571. The molecule has 0 bridgehead atoms. The van der Waals surface area contributed by atoms with Gasteiger partial charge in [0, 0.05) is 43.5 Å². The Labute approximate surface area is 213 Å². The molecule has 2 aliphatic rings. The summed E-state index contributed by atoms with van der Waals surface area (Å²) in [5.41, 5.74) is 2.38. The third-order valence-corrected chi connectivity index (χ3v) is 6.97. The largest absolute Gasteiger partial charge is 0.493 e. The van der Waals surface area contributed by atoms with E-state index in [1.807, 2.05) is 6.07 Å². The predicted octanol–water partition coefficient (Wildman–Crippen LogP) is 3.95. The van der Waals surface area contributed by atoms with Gasteiger partial charge in [-0.05, 0) is 42.9 Å². The predicted molar refractivity (Wildman–Crippen MR) is 138 cm³/mol. The Hall–Kier alpha value is -2.84. The van der Waals surface area contributed by atoms with Crippen molar-refractivity contribution in [2.45, 2.75) is 46.6 Å². The van der Waals surface area contributed by atoms with Crippen molar-refractivity contribution in [2.75, 3.05) is 53.2 Å². The first kappa shape index (κ1) is 26.2. The Balaban J connectivity index is 1.64. The van der Waals surface area contributed by atoms with Crippen LogP contribution in [-0.2, 0) is 15.9 Å². The standard InChI is InChI=1S/C28H38N2O6/c1-6-35-27(32)21-18-30-22(17-23(21)31)20-16-24(33-5)25(14-19(20)15-26(30)28(2,3)4)36-11-7-8-29-9-12-34-13-10-29/h14,16-18,26H,6-13,15H2,1-5H3. The van der Waals surface area contributed by atoms with E-state index in [9.17, 15) is 9.59 Å². The molecule has 0 amide bonds. The Kier molecular flexibility index (Phi) is 8.05. The molecule has 1 fully saturated rings. The summed E-state index contributed by atoms with van der Waals surface area (Å²) in [7, 11) is 1.63. The molecule has 8 heteroatoms. The molecular formula is C28H38N2O6. The molecule has 8 nitrogen and oxygen atoms in total. The first-order chi connectivity index (χ1) is 17.2. The van der Waals surface area contributed by atoms with Crippen molar-refractivity contribution in [3.63, 3.8) is 0 Å². The van der Waals surface area contributed by atoms with Crippen LogP contribution in [0.2, 0.25) is 0 Å². The molecule has 196 valence electrons. The molecule has 0 saturated carbocycles. The van der Waals surface area contributed by atoms with Gasteiger partial charge in [0.1, 0.15) is 5.56 Å². The van der Waals surface area contributed by atoms with Crippen molar-refractivity contribution in [1.29, 1.82) is 0 Å². The van der Waals surface area contributed by atoms with E-state index in [1.54, 1.807) is 26.3 Å². The number of aromatic nitrogens is 1. The maximum absolute atomic E-state index is 12.9. The van der Waals surface area contributed by atoms with E-state index in [4.69, 9.17) is 18.9 Å². The highest BCUT2D eigenvalue weighted by Crippen LogP contribution is 2.45. The summed E-state index contributed by atoms with van der Waals surface area (Å²) in [5, 5.41) is 0. The Morgan fingerprint density at radius 3 is 2.56 bits per heavy atom. The fourth-order valence-corrected chi connectivity index (χ4v) is 4.99. The molecule has 36 heavy (non-hydrogen) atoms. The quantitative estimate of drug-likeness (QED) is 0.403. The van der Waals surface area contributed by atoms with Gasteiger partial charge in [-0.25, -0.2) is 4.79 Å². The normalized spacial score (nSPS) is 17.8. The number of rotatable bonds is 8. The lowest BCUT2D eigenvalue weighted by Gasteiger charge is -2.39. The Morgan fingerprint density at radius 1 is 1.14 bits per heavy atom. The zero-order valence-corrected chi connectivity index (χ0v) is 22.1. The van der Waals surface area contributed by atoms with Crippen LogP contribution in [0.4, 0.5) is 0 Å². The summed E-state index contributed by atoms with van der Waals surface area (Å²) in [6.45, 7) is 13.5. The smallest absolute Gasteiger partial charge is 0.343 e. The lowest BCUT2D eigenvalue weighted by atomic mass is 9.78. The van der Waals surface area contributed by atoms with Crippen LogP contribution in [0.15, 0.2) is 29.2 Å². The van der Waals surface area contributed by atoms with Gasteiger partial charge in [-0.3, -0.25) is 9.69 Å². The molecule has 1 unspecified atom stereocenters. The van der Waals surface area contributed by atoms with Crippen LogP contribution in [0.3, 0.4) is 0 Å². The topological polar surface area (TPSA) is 79.2 Å². The maximum Gasteiger partial charge on any atom is 0.343 e. The minimum Gasteiger partial charge on any atom is -0.493 e. The summed E-state index contributed by atoms with van der Waals surface area (Å²) in [4.78, 5) is 27.8. The minimum absolute atomic E-state index is 0.0383. The van der Waals surface area contributed by atoms with Crippen molar-refractivity contribution >= 4 is 5.97 Å². The van der Waals surface area contributed by atoms with Gasteiger partial charge in [0.2, 0.25) is 0 Å². The first-order valence-corrected chi connectivity index (χ1v) is 12.8. The zero-order valence-electron chi connectivity index (χ0n) is 22.1. The van der Waals surface area contributed by atoms with Crippen LogP contribution < -0.4 is 14.9 Å². The number of hydrogen-bond acceptors (Lipinski definition) is 7. The molecule has 0 spiro atoms. The zero-order chi connectivity index (χ0) is 25.9. The van der Waals surface area contributed by atoms with E-state index >= 15 is 0 Å². The summed E-state index contributed by atoms with van der Waals surface area (Å²) >= 11 is 0. The van der Waals surface area contributed by atoms with E-state index < -0.39 is 5.97 Å². The minimum atomic E-state index is -0.588. The van der Waals surface area contributed by atoms with Gasteiger partial charge in [0.05, 0.1) is 39.2 Å². The highest BCUT2D eigenvalue weighted by molar-refractivity contribution is 5.89. The van der Waals surface area contributed by atoms with Gasteiger partial charge < -0.3 is 23.5 Å². The number of carbonyl (C=O) groups excluding carboxylic acids is 1. The molecule has 0 aliphatic carbocycles. The summed E-state index contributed by atoms with van der Waals surface area (Å²) < 4.78 is 24.5. The lowest BCUT2D eigenvalue weighted by molar-refractivity contribution is 0.0357. The second-order valence-corrected chi connectivity index (χ2v) is 10.5. The van der Waals surface area contributed by atoms with Gasteiger partial charge in [-0.2, -0.15) is 0 Å². The number of methoxy groups -OCH3 is 1. The van der Waals surface area contributed by atoms with Crippen LogP contribution in [0.1, 0.15) is 56.1 Å². The molecule has 2 aromatic rings. The first-order valence-electron chi connectivity index (χ1n) is 12.8. The van der Waals surface area contributed by atoms with Crippen LogP contribution >= 0.6 is 0 Å². The average Bonchev–Trinajstić information content (AvgIpc) is 2.85. The van der Waals surface area contributed by atoms with Gasteiger partial charge >= 0.3 is 5.97 Å². The molecule has 1 aromatic heterocycles. The van der Waals surface area contributed by atoms with Crippen LogP contribution in [-0.4, -0.2) is 68.6 Å². The van der Waals surface area contributed by atoms with Crippen molar-refractivity contribution in [3.8, 4) is 22.8 Å². The van der Waals surface area contributed by atoms with E-state index in [2.05, 4.69) is 36.3 Å². The summed E-state index contributed by atoms with van der Waals surface area (Å²) in [6.07, 6.45) is 3.32. The molecule has 1 saturated heterocycles. The number of benzene rings is 1. The number of esters is 1. The van der Waals surface area contributed by atoms with E-state index in [0.29, 0.717) is 18.1 Å². The van der Waals surface area contributed by atoms with Crippen molar-refractivity contribution in [2.24, 2.45) is 5.41 Å². The van der Waals surface area contributed by atoms with Crippen molar-refractivity contribution in [1.82, 2.24) is 9.47 Å². The number of nitrogens with zero attached hydrogens (tertiary/aromatic N) is 2. The van der Waals surface area contributed by atoms with Crippen molar-refractivity contribution < 1.29 is 23.7 Å². The highest BCUT2D eigenvalue weighted by Gasteiger charge is 2.34. The number of pyridine rings is 1. The SMILES string of the molecule is CCOC(=O)c1cn2c(cc1=O)-c1cc(OC)c(OCCCN3CCOCC3)cc1CC2C(C)(C)C. The fourth-order valence-electron chi connectivity index (χ4n) is 4.99. The van der Waals surface area contributed by atoms with Gasteiger partial charge in [0.25, 0.3) is 0 Å². The molecule has 2 aliphatic heterocycles. The molecule has 4 rings (SSSR count). The third kappa shape index (κ3) is 5.60. The lowest BCUT2D eigenvalue weighted by Crippen LogP contribution is -2.37. The molecule has 0 radical (unpaired) electrons. The van der Waals surface area contributed by atoms with Gasteiger partial charge in [0.15, 0.2) is 16.9 Å². The van der Waals surface area contributed by atoms with E-state index in [-0.39, 0.29) is 29.1 Å². The number of morpholine rings is 1. The number of carbonyl (C=O) groups is 1. The second kappa shape index (κ2) is 11.0. The van der Waals surface area contributed by atoms with E-state index in [1.165, 1.54) is 0 Å². The van der Waals surface area contributed by atoms with E-state index in [0.717, 1.165) is 62.5 Å². The van der Waals surface area contributed by atoms with Crippen LogP contribution in [0.5, 0.6) is 11.5 Å². The average molecular weight is 499 g/mol.